The molecule has 1 heterocycles. The van der Waals surface area contributed by atoms with Gasteiger partial charge in [-0.25, -0.2) is 4.98 Å². The molecule has 1 saturated carbocycles. The summed E-state index contributed by atoms with van der Waals surface area (Å²) in [4.78, 5) is 4.67. The van der Waals surface area contributed by atoms with Gasteiger partial charge in [0.1, 0.15) is 5.75 Å². The molecule has 0 bridgehead atoms. The average molecular weight is 290 g/mol. The first-order valence-electron chi connectivity index (χ1n) is 7.65. The van der Waals surface area contributed by atoms with Crippen LogP contribution < -0.4 is 10.1 Å². The van der Waals surface area contributed by atoms with Gasteiger partial charge in [-0.3, -0.25) is 0 Å². The second kappa shape index (κ2) is 6.44. The van der Waals surface area contributed by atoms with E-state index >= 15 is 0 Å². The molecule has 0 atom stereocenters. The Bertz CT molecular complexity index is 561. The van der Waals surface area contributed by atoms with Crippen LogP contribution in [0, 0.1) is 0 Å². The highest BCUT2D eigenvalue weighted by Crippen LogP contribution is 2.31. The van der Waals surface area contributed by atoms with Crippen LogP contribution >= 0.6 is 11.3 Å². The van der Waals surface area contributed by atoms with Gasteiger partial charge in [-0.05, 0) is 37.5 Å². The van der Waals surface area contributed by atoms with Crippen LogP contribution in [0.5, 0.6) is 5.75 Å². The monoisotopic (exact) mass is 290 g/mol. The first kappa shape index (κ1) is 13.7. The number of ether oxygens (including phenoxy) is 1. The number of rotatable bonds is 6. The molecule has 1 aliphatic rings. The fraction of sp³-hybridized carbons (Fsp3) is 0.562. The van der Waals surface area contributed by atoms with Crippen molar-refractivity contribution in [1.82, 2.24) is 4.98 Å². The fourth-order valence-corrected chi connectivity index (χ4v) is 3.61. The maximum Gasteiger partial charge on any atom is 0.184 e. The SMILES string of the molecule is CCCCOc1ccc2nc(NC3CCCC3)sc2c1. The van der Waals surface area contributed by atoms with Crippen LogP contribution in [0.25, 0.3) is 10.2 Å². The van der Waals surface area contributed by atoms with Crippen molar-refractivity contribution in [2.75, 3.05) is 11.9 Å². The van der Waals surface area contributed by atoms with E-state index in [9.17, 15) is 0 Å². The predicted molar refractivity (Wildman–Crippen MR) is 85.9 cm³/mol. The maximum absolute atomic E-state index is 5.76. The average Bonchev–Trinajstić information content (AvgIpc) is 3.08. The number of benzene rings is 1. The molecule has 1 fully saturated rings. The lowest BCUT2D eigenvalue weighted by Crippen LogP contribution is -2.13. The number of fused-ring (bicyclic) bond motifs is 1. The van der Waals surface area contributed by atoms with Gasteiger partial charge in [-0.1, -0.05) is 37.5 Å². The van der Waals surface area contributed by atoms with Crippen LogP contribution in [-0.2, 0) is 0 Å². The normalized spacial score (nSPS) is 15.8. The standard InChI is InChI=1S/C16H22N2OS/c1-2-3-10-19-13-8-9-14-15(11-13)20-16(18-14)17-12-6-4-5-7-12/h8-9,11-12H,2-7,10H2,1H3,(H,17,18). The summed E-state index contributed by atoms with van der Waals surface area (Å²) in [7, 11) is 0. The number of nitrogens with one attached hydrogen (secondary N) is 1. The molecule has 1 aromatic heterocycles. The van der Waals surface area contributed by atoms with E-state index in [1.807, 2.05) is 6.07 Å². The van der Waals surface area contributed by atoms with Crippen molar-refractivity contribution in [2.24, 2.45) is 0 Å². The smallest absolute Gasteiger partial charge is 0.184 e. The van der Waals surface area contributed by atoms with Crippen molar-refractivity contribution in [3.63, 3.8) is 0 Å². The van der Waals surface area contributed by atoms with Crippen LogP contribution in [-0.4, -0.2) is 17.6 Å². The van der Waals surface area contributed by atoms with Gasteiger partial charge in [-0.15, -0.1) is 0 Å². The van der Waals surface area contributed by atoms with Crippen molar-refractivity contribution in [3.05, 3.63) is 18.2 Å². The van der Waals surface area contributed by atoms with Crippen LogP contribution in [0.2, 0.25) is 0 Å². The molecular formula is C16H22N2OS. The molecule has 0 spiro atoms. The minimum absolute atomic E-state index is 0.621. The molecule has 2 aromatic rings. The van der Waals surface area contributed by atoms with Gasteiger partial charge in [0, 0.05) is 6.04 Å². The van der Waals surface area contributed by atoms with Gasteiger partial charge in [0.2, 0.25) is 0 Å². The van der Waals surface area contributed by atoms with E-state index in [0.29, 0.717) is 6.04 Å². The van der Waals surface area contributed by atoms with E-state index in [-0.39, 0.29) is 0 Å². The Kier molecular flexibility index (Phi) is 4.41. The topological polar surface area (TPSA) is 34.1 Å². The third-order valence-corrected chi connectivity index (χ3v) is 4.76. The summed E-state index contributed by atoms with van der Waals surface area (Å²) in [5.74, 6) is 0.960. The molecule has 1 aromatic carbocycles. The summed E-state index contributed by atoms with van der Waals surface area (Å²) in [5.41, 5.74) is 1.07. The zero-order valence-corrected chi connectivity index (χ0v) is 12.8. The van der Waals surface area contributed by atoms with E-state index in [0.717, 1.165) is 35.8 Å². The van der Waals surface area contributed by atoms with Gasteiger partial charge in [0.05, 0.1) is 16.8 Å². The van der Waals surface area contributed by atoms with E-state index in [4.69, 9.17) is 4.74 Å². The van der Waals surface area contributed by atoms with Gasteiger partial charge >= 0.3 is 0 Å². The number of thiazole rings is 1. The molecule has 3 nitrogen and oxygen atoms in total. The molecule has 108 valence electrons. The van der Waals surface area contributed by atoms with Crippen LogP contribution in [0.15, 0.2) is 18.2 Å². The molecule has 1 N–H and O–H groups in total. The number of nitrogens with zero attached hydrogens (tertiary/aromatic N) is 1. The molecule has 0 radical (unpaired) electrons. The Labute approximate surface area is 124 Å². The Morgan fingerprint density at radius 2 is 2.20 bits per heavy atom. The van der Waals surface area contributed by atoms with Crippen molar-refractivity contribution in [3.8, 4) is 5.75 Å². The summed E-state index contributed by atoms with van der Waals surface area (Å²) in [6, 6.07) is 6.82. The number of anilines is 1. The molecule has 3 rings (SSSR count). The molecule has 1 aliphatic carbocycles. The van der Waals surface area contributed by atoms with Crippen LogP contribution in [0.4, 0.5) is 5.13 Å². The molecule has 0 amide bonds. The number of hydrogen-bond acceptors (Lipinski definition) is 4. The number of unbranched alkanes of at least 4 members (excludes halogenated alkanes) is 1. The minimum Gasteiger partial charge on any atom is -0.494 e. The van der Waals surface area contributed by atoms with Crippen LogP contribution in [0.1, 0.15) is 45.4 Å². The highest BCUT2D eigenvalue weighted by atomic mass is 32.1. The van der Waals surface area contributed by atoms with E-state index < -0.39 is 0 Å². The molecule has 0 unspecified atom stereocenters. The Balaban J connectivity index is 1.69. The van der Waals surface area contributed by atoms with E-state index in [1.165, 1.54) is 30.4 Å². The Hall–Kier alpha value is -1.29. The van der Waals surface area contributed by atoms with E-state index in [1.54, 1.807) is 11.3 Å². The molecule has 0 aliphatic heterocycles. The lowest BCUT2D eigenvalue weighted by molar-refractivity contribution is 0.310. The van der Waals surface area contributed by atoms with Gasteiger partial charge < -0.3 is 10.1 Å². The highest BCUT2D eigenvalue weighted by Gasteiger charge is 2.16. The lowest BCUT2D eigenvalue weighted by Gasteiger charge is -2.09. The van der Waals surface area contributed by atoms with Crippen molar-refractivity contribution in [1.29, 1.82) is 0 Å². The lowest BCUT2D eigenvalue weighted by atomic mass is 10.3. The summed E-state index contributed by atoms with van der Waals surface area (Å²) in [5, 5.41) is 4.62. The largest absolute Gasteiger partial charge is 0.494 e. The van der Waals surface area contributed by atoms with E-state index in [2.05, 4.69) is 29.4 Å². The highest BCUT2D eigenvalue weighted by molar-refractivity contribution is 7.22. The summed E-state index contributed by atoms with van der Waals surface area (Å²) in [6.07, 6.45) is 7.52. The van der Waals surface area contributed by atoms with Gasteiger partial charge in [-0.2, -0.15) is 0 Å². The predicted octanol–water partition coefficient (Wildman–Crippen LogP) is 4.83. The zero-order valence-electron chi connectivity index (χ0n) is 12.0. The molecule has 0 saturated heterocycles. The first-order valence-corrected chi connectivity index (χ1v) is 8.47. The van der Waals surface area contributed by atoms with Crippen LogP contribution in [0.3, 0.4) is 0 Å². The fourth-order valence-electron chi connectivity index (χ4n) is 2.64. The third-order valence-electron chi connectivity index (χ3n) is 3.81. The Morgan fingerprint density at radius 3 is 3.00 bits per heavy atom. The van der Waals surface area contributed by atoms with Crippen molar-refractivity contribution in [2.45, 2.75) is 51.5 Å². The summed E-state index contributed by atoms with van der Waals surface area (Å²) in [6.45, 7) is 2.98. The number of hydrogen-bond donors (Lipinski definition) is 1. The Morgan fingerprint density at radius 1 is 1.35 bits per heavy atom. The van der Waals surface area contributed by atoms with Gasteiger partial charge in [0.15, 0.2) is 5.13 Å². The molecule has 20 heavy (non-hydrogen) atoms. The van der Waals surface area contributed by atoms with Crippen molar-refractivity contribution < 1.29 is 4.74 Å². The first-order chi connectivity index (χ1) is 9.85. The zero-order chi connectivity index (χ0) is 13.8. The van der Waals surface area contributed by atoms with Crippen molar-refractivity contribution >= 4 is 26.7 Å². The number of aromatic nitrogens is 1. The summed E-state index contributed by atoms with van der Waals surface area (Å²) >= 11 is 1.74. The maximum atomic E-state index is 5.76. The molecular weight excluding hydrogens is 268 g/mol. The summed E-state index contributed by atoms with van der Waals surface area (Å²) < 4.78 is 6.96. The quantitative estimate of drug-likeness (QED) is 0.774. The second-order valence-corrected chi connectivity index (χ2v) is 6.51. The second-order valence-electron chi connectivity index (χ2n) is 5.48. The van der Waals surface area contributed by atoms with Gasteiger partial charge in [0.25, 0.3) is 0 Å². The molecule has 4 heteroatoms. The third kappa shape index (κ3) is 3.23. The minimum atomic E-state index is 0.621.